The van der Waals surface area contributed by atoms with Gasteiger partial charge in [0.1, 0.15) is 0 Å². The van der Waals surface area contributed by atoms with E-state index in [1.54, 1.807) is 31.2 Å². The molecule has 2 heteroatoms. The summed E-state index contributed by atoms with van der Waals surface area (Å²) in [6, 6.07) is 0. The molecule has 0 radical (unpaired) electrons. The maximum absolute atomic E-state index is 12.3. The summed E-state index contributed by atoms with van der Waals surface area (Å²) >= 11 is 0. The van der Waals surface area contributed by atoms with Crippen LogP contribution in [0, 0.1) is 0 Å². The Morgan fingerprint density at radius 3 is 2.11 bits per heavy atom. The molecule has 1 rings (SSSR count). The summed E-state index contributed by atoms with van der Waals surface area (Å²) in [6.07, 6.45) is 9.10. The van der Waals surface area contributed by atoms with E-state index in [1.807, 2.05) is 13.8 Å². The highest BCUT2D eigenvalue weighted by Gasteiger charge is 2.31. The zero-order valence-corrected chi connectivity index (χ0v) is 11.1. The average molecular weight is 242 g/mol. The Morgan fingerprint density at radius 2 is 1.67 bits per heavy atom. The second-order valence-corrected chi connectivity index (χ2v) is 3.92. The molecule has 0 aliphatic heterocycles. The molecule has 0 heterocycles. The van der Waals surface area contributed by atoms with Gasteiger partial charge in [-0.05, 0) is 20.3 Å². The molecule has 0 saturated heterocycles. The van der Waals surface area contributed by atoms with Crippen LogP contribution in [0.1, 0.15) is 27.2 Å². The second-order valence-electron chi connectivity index (χ2n) is 3.92. The van der Waals surface area contributed by atoms with Crippen molar-refractivity contribution in [3.8, 4) is 0 Å². The topological polar surface area (TPSA) is 34.1 Å². The third kappa shape index (κ3) is 2.33. The molecule has 0 saturated carbocycles. The summed E-state index contributed by atoms with van der Waals surface area (Å²) in [4.78, 5) is 24.7. The number of carbonyl (C=O) groups excluding carboxylic acids is 2. The zero-order valence-electron chi connectivity index (χ0n) is 11.1. The Kier molecular flexibility index (Phi) is 4.78. The Labute approximate surface area is 108 Å². The molecule has 0 aromatic carbocycles. The van der Waals surface area contributed by atoms with Crippen molar-refractivity contribution < 1.29 is 9.59 Å². The van der Waals surface area contributed by atoms with Crippen molar-refractivity contribution in [2.75, 3.05) is 0 Å². The number of ketones is 2. The summed E-state index contributed by atoms with van der Waals surface area (Å²) in [7, 11) is 0. The van der Waals surface area contributed by atoms with Crippen molar-refractivity contribution >= 4 is 11.6 Å². The predicted molar refractivity (Wildman–Crippen MR) is 74.2 cm³/mol. The molecule has 0 aromatic heterocycles. The van der Waals surface area contributed by atoms with Gasteiger partial charge in [-0.25, -0.2) is 0 Å². The molecular weight excluding hydrogens is 224 g/mol. The van der Waals surface area contributed by atoms with Crippen LogP contribution in [0.5, 0.6) is 0 Å². The van der Waals surface area contributed by atoms with Crippen LogP contribution in [-0.4, -0.2) is 11.6 Å². The lowest BCUT2D eigenvalue weighted by Crippen LogP contribution is -2.23. The predicted octanol–water partition coefficient (Wildman–Crippen LogP) is 3.48. The highest BCUT2D eigenvalue weighted by Crippen LogP contribution is 2.29. The van der Waals surface area contributed by atoms with E-state index in [0.29, 0.717) is 22.3 Å². The molecule has 0 N–H and O–H groups in total. The van der Waals surface area contributed by atoms with Crippen LogP contribution in [0.4, 0.5) is 0 Å². The Hall–Kier alpha value is -1.96. The standard InChI is InChI=1S/C16H18O2/c1-5-9-13-11(7-3)16(18)14(10-6-2)12(8-4)15(13)17/h5,7-10H,3,6H2,1-2,4H3/b9-5-,12-8+,14-10+. The van der Waals surface area contributed by atoms with Crippen molar-refractivity contribution in [3.05, 3.63) is 59.3 Å². The fourth-order valence-corrected chi connectivity index (χ4v) is 2.01. The van der Waals surface area contributed by atoms with Gasteiger partial charge in [-0.15, -0.1) is 0 Å². The number of allylic oxidation sites excluding steroid dienone is 9. The molecule has 18 heavy (non-hydrogen) atoms. The van der Waals surface area contributed by atoms with Gasteiger partial charge in [-0.3, -0.25) is 9.59 Å². The smallest absolute Gasteiger partial charge is 0.194 e. The molecule has 0 spiro atoms. The van der Waals surface area contributed by atoms with Gasteiger partial charge < -0.3 is 0 Å². The summed E-state index contributed by atoms with van der Waals surface area (Å²) in [5, 5.41) is 0. The minimum Gasteiger partial charge on any atom is -0.289 e. The second kappa shape index (κ2) is 6.10. The fraction of sp³-hybridized carbons (Fsp3) is 0.250. The molecular formula is C16H18O2. The van der Waals surface area contributed by atoms with Gasteiger partial charge in [0.2, 0.25) is 0 Å². The molecule has 1 aliphatic carbocycles. The molecule has 0 fully saturated rings. The number of Topliss-reactive ketones (excluding diaryl/α,β-unsaturated/α-hetero) is 2. The Morgan fingerprint density at radius 1 is 1.06 bits per heavy atom. The minimum absolute atomic E-state index is 0.107. The van der Waals surface area contributed by atoms with Gasteiger partial charge in [0, 0.05) is 22.3 Å². The molecule has 2 nitrogen and oxygen atoms in total. The summed E-state index contributed by atoms with van der Waals surface area (Å²) in [6.45, 7) is 9.17. The van der Waals surface area contributed by atoms with E-state index < -0.39 is 0 Å². The van der Waals surface area contributed by atoms with Crippen LogP contribution in [0.15, 0.2) is 59.3 Å². The van der Waals surface area contributed by atoms with Crippen molar-refractivity contribution in [1.29, 1.82) is 0 Å². The maximum atomic E-state index is 12.3. The largest absolute Gasteiger partial charge is 0.289 e. The fourth-order valence-electron chi connectivity index (χ4n) is 2.01. The van der Waals surface area contributed by atoms with Crippen LogP contribution in [-0.2, 0) is 9.59 Å². The van der Waals surface area contributed by atoms with Gasteiger partial charge in [0.15, 0.2) is 11.6 Å². The Balaban J connectivity index is 3.57. The first-order valence-electron chi connectivity index (χ1n) is 6.07. The van der Waals surface area contributed by atoms with Crippen molar-refractivity contribution in [2.24, 2.45) is 0 Å². The van der Waals surface area contributed by atoms with Gasteiger partial charge >= 0.3 is 0 Å². The first kappa shape index (κ1) is 14.1. The normalized spacial score (nSPS) is 21.5. The highest BCUT2D eigenvalue weighted by molar-refractivity contribution is 6.31. The van der Waals surface area contributed by atoms with Crippen molar-refractivity contribution in [1.82, 2.24) is 0 Å². The van der Waals surface area contributed by atoms with Crippen molar-refractivity contribution in [3.63, 3.8) is 0 Å². The summed E-state index contributed by atoms with van der Waals surface area (Å²) in [5.41, 5.74) is 1.80. The molecule has 94 valence electrons. The van der Waals surface area contributed by atoms with E-state index in [1.165, 1.54) is 6.08 Å². The number of carbonyl (C=O) groups is 2. The average Bonchev–Trinajstić information content (AvgIpc) is 2.36. The number of rotatable bonds is 3. The zero-order chi connectivity index (χ0) is 13.7. The first-order chi connectivity index (χ1) is 8.62. The lowest BCUT2D eigenvalue weighted by Gasteiger charge is -2.19. The quantitative estimate of drug-likeness (QED) is 0.710. The van der Waals surface area contributed by atoms with E-state index in [4.69, 9.17) is 0 Å². The monoisotopic (exact) mass is 242 g/mol. The Bertz CT molecular complexity index is 511. The van der Waals surface area contributed by atoms with E-state index in [2.05, 4.69) is 6.58 Å². The molecule has 0 amide bonds. The van der Waals surface area contributed by atoms with Gasteiger partial charge in [-0.2, -0.15) is 0 Å². The molecule has 0 atom stereocenters. The van der Waals surface area contributed by atoms with Crippen LogP contribution < -0.4 is 0 Å². The van der Waals surface area contributed by atoms with Gasteiger partial charge in [-0.1, -0.05) is 43.9 Å². The van der Waals surface area contributed by atoms with Crippen LogP contribution >= 0.6 is 0 Å². The van der Waals surface area contributed by atoms with Crippen molar-refractivity contribution in [2.45, 2.75) is 27.2 Å². The summed E-state index contributed by atoms with van der Waals surface area (Å²) in [5.74, 6) is -0.225. The molecule has 0 unspecified atom stereocenters. The SMILES string of the molecule is C=CC1=C(/C=C\C)C(=O)C(=C/C)/C(=C\CC)C1=O. The maximum Gasteiger partial charge on any atom is 0.194 e. The third-order valence-corrected chi connectivity index (χ3v) is 2.79. The van der Waals surface area contributed by atoms with Gasteiger partial charge in [0.05, 0.1) is 0 Å². The minimum atomic E-state index is -0.118. The molecule has 1 aliphatic rings. The highest BCUT2D eigenvalue weighted by atomic mass is 16.1. The van der Waals surface area contributed by atoms with Crippen LogP contribution in [0.25, 0.3) is 0 Å². The van der Waals surface area contributed by atoms with E-state index in [9.17, 15) is 9.59 Å². The third-order valence-electron chi connectivity index (χ3n) is 2.79. The first-order valence-corrected chi connectivity index (χ1v) is 6.07. The van der Waals surface area contributed by atoms with Crippen LogP contribution in [0.3, 0.4) is 0 Å². The lowest BCUT2D eigenvalue weighted by molar-refractivity contribution is -0.116. The molecule has 0 bridgehead atoms. The van der Waals surface area contributed by atoms with E-state index >= 15 is 0 Å². The van der Waals surface area contributed by atoms with E-state index in [-0.39, 0.29) is 11.6 Å². The number of hydrogen-bond acceptors (Lipinski definition) is 2. The van der Waals surface area contributed by atoms with Crippen LogP contribution in [0.2, 0.25) is 0 Å². The number of hydrogen-bond donors (Lipinski definition) is 0. The van der Waals surface area contributed by atoms with Gasteiger partial charge in [0.25, 0.3) is 0 Å². The molecule has 0 aromatic rings. The lowest BCUT2D eigenvalue weighted by atomic mass is 9.81. The van der Waals surface area contributed by atoms with E-state index in [0.717, 1.165) is 6.42 Å². The summed E-state index contributed by atoms with van der Waals surface area (Å²) < 4.78 is 0.